The number of hydrogen-bond acceptors (Lipinski definition) is 3. The molecule has 0 spiro atoms. The van der Waals surface area contributed by atoms with E-state index >= 15 is 0 Å². The normalized spacial score (nSPS) is 14.8. The summed E-state index contributed by atoms with van der Waals surface area (Å²) in [7, 11) is 0. The Hall–Kier alpha value is -2.66. The van der Waals surface area contributed by atoms with Crippen LogP contribution >= 0.6 is 0 Å². The van der Waals surface area contributed by atoms with Gasteiger partial charge in [0.15, 0.2) is 0 Å². The van der Waals surface area contributed by atoms with Gasteiger partial charge in [0.25, 0.3) is 5.91 Å². The highest BCUT2D eigenvalue weighted by Crippen LogP contribution is 2.06. The molecule has 2 aromatic rings. The zero-order valence-electron chi connectivity index (χ0n) is 15.9. The Morgan fingerprint density at radius 2 is 1.59 bits per heavy atom. The molecule has 1 saturated heterocycles. The van der Waals surface area contributed by atoms with Crippen molar-refractivity contribution in [1.29, 1.82) is 0 Å². The first-order valence-corrected chi connectivity index (χ1v) is 9.51. The summed E-state index contributed by atoms with van der Waals surface area (Å²) in [6, 6.07) is 17.8. The van der Waals surface area contributed by atoms with E-state index in [0.29, 0.717) is 18.7 Å². The van der Waals surface area contributed by atoms with Crippen molar-refractivity contribution in [3.63, 3.8) is 0 Å². The van der Waals surface area contributed by atoms with Gasteiger partial charge in [-0.3, -0.25) is 14.5 Å². The van der Waals surface area contributed by atoms with Crippen LogP contribution in [-0.4, -0.2) is 60.9 Å². The molecule has 1 aliphatic heterocycles. The summed E-state index contributed by atoms with van der Waals surface area (Å²) < 4.78 is 0. The molecule has 5 nitrogen and oxygen atoms in total. The molecule has 0 atom stereocenters. The highest BCUT2D eigenvalue weighted by molar-refractivity contribution is 5.96. The van der Waals surface area contributed by atoms with E-state index in [9.17, 15) is 9.59 Å². The molecule has 27 heavy (non-hydrogen) atoms. The molecule has 0 saturated carbocycles. The molecule has 1 N–H and O–H groups in total. The van der Waals surface area contributed by atoms with E-state index in [-0.39, 0.29) is 18.4 Å². The van der Waals surface area contributed by atoms with Crippen molar-refractivity contribution in [1.82, 2.24) is 15.1 Å². The standard InChI is InChI=1S/C22H27N3O2/c1-18-7-9-20(10-8-18)22(27)23-17-21(26)25-15-13-24(14-16-25)12-11-19-5-3-2-4-6-19/h2-10H,11-17H2,1H3,(H,23,27). The molecule has 1 heterocycles. The SMILES string of the molecule is Cc1ccc(C(=O)NCC(=O)N2CCN(CCc3ccccc3)CC2)cc1. The molecule has 5 heteroatoms. The molecule has 0 radical (unpaired) electrons. The second kappa shape index (κ2) is 9.33. The van der Waals surface area contributed by atoms with Crippen LogP contribution in [0.2, 0.25) is 0 Å². The monoisotopic (exact) mass is 365 g/mol. The predicted molar refractivity (Wildman–Crippen MR) is 107 cm³/mol. The summed E-state index contributed by atoms with van der Waals surface area (Å²) in [6.07, 6.45) is 1.03. The minimum Gasteiger partial charge on any atom is -0.343 e. The van der Waals surface area contributed by atoms with Crippen molar-refractivity contribution in [3.05, 3.63) is 71.3 Å². The summed E-state index contributed by atoms with van der Waals surface area (Å²) in [4.78, 5) is 28.7. The molecule has 2 amide bonds. The maximum Gasteiger partial charge on any atom is 0.251 e. The molecule has 1 aliphatic rings. The lowest BCUT2D eigenvalue weighted by molar-refractivity contribution is -0.131. The van der Waals surface area contributed by atoms with Crippen LogP contribution in [0.5, 0.6) is 0 Å². The number of nitrogens with zero attached hydrogens (tertiary/aromatic N) is 2. The number of piperazine rings is 1. The minimum absolute atomic E-state index is 0.0156. The topological polar surface area (TPSA) is 52.7 Å². The van der Waals surface area contributed by atoms with Gasteiger partial charge in [0, 0.05) is 38.3 Å². The maximum atomic E-state index is 12.4. The second-order valence-electron chi connectivity index (χ2n) is 7.01. The number of amides is 2. The first-order valence-electron chi connectivity index (χ1n) is 9.51. The maximum absolute atomic E-state index is 12.4. The molecule has 0 aromatic heterocycles. The first-order chi connectivity index (χ1) is 13.1. The van der Waals surface area contributed by atoms with Crippen molar-refractivity contribution in [2.24, 2.45) is 0 Å². The lowest BCUT2D eigenvalue weighted by Crippen LogP contribution is -2.51. The van der Waals surface area contributed by atoms with Crippen molar-refractivity contribution in [3.8, 4) is 0 Å². The summed E-state index contributed by atoms with van der Waals surface area (Å²) in [5.74, 6) is -0.219. The minimum atomic E-state index is -0.204. The Bertz CT molecular complexity index is 751. The van der Waals surface area contributed by atoms with Gasteiger partial charge in [0.1, 0.15) is 0 Å². The van der Waals surface area contributed by atoms with E-state index in [1.807, 2.05) is 30.0 Å². The van der Waals surface area contributed by atoms with Crippen LogP contribution in [-0.2, 0) is 11.2 Å². The fraction of sp³-hybridized carbons (Fsp3) is 0.364. The van der Waals surface area contributed by atoms with Gasteiger partial charge >= 0.3 is 0 Å². The van der Waals surface area contributed by atoms with Crippen molar-refractivity contribution in [2.75, 3.05) is 39.3 Å². The molecule has 3 rings (SSSR count). The Labute approximate surface area is 161 Å². The van der Waals surface area contributed by atoms with Crippen LogP contribution < -0.4 is 5.32 Å². The number of carbonyl (C=O) groups is 2. The second-order valence-corrected chi connectivity index (χ2v) is 7.01. The van der Waals surface area contributed by atoms with Gasteiger partial charge in [-0.15, -0.1) is 0 Å². The van der Waals surface area contributed by atoms with Crippen LogP contribution in [0.1, 0.15) is 21.5 Å². The lowest BCUT2D eigenvalue weighted by Gasteiger charge is -2.34. The summed E-state index contributed by atoms with van der Waals surface area (Å²) in [6.45, 7) is 6.23. The van der Waals surface area contributed by atoms with E-state index in [2.05, 4.69) is 34.5 Å². The van der Waals surface area contributed by atoms with Crippen LogP contribution in [0.25, 0.3) is 0 Å². The number of nitrogens with one attached hydrogen (secondary N) is 1. The number of carbonyl (C=O) groups excluding carboxylic acids is 2. The Kier molecular flexibility index (Phi) is 6.60. The zero-order chi connectivity index (χ0) is 19.1. The highest BCUT2D eigenvalue weighted by Gasteiger charge is 2.21. The highest BCUT2D eigenvalue weighted by atomic mass is 16.2. The molecular formula is C22H27N3O2. The van der Waals surface area contributed by atoms with E-state index < -0.39 is 0 Å². The largest absolute Gasteiger partial charge is 0.343 e. The van der Waals surface area contributed by atoms with Gasteiger partial charge in [0.05, 0.1) is 6.54 Å². The number of benzene rings is 2. The molecule has 1 fully saturated rings. The van der Waals surface area contributed by atoms with E-state index in [1.54, 1.807) is 12.1 Å². The van der Waals surface area contributed by atoms with Crippen molar-refractivity contribution in [2.45, 2.75) is 13.3 Å². The van der Waals surface area contributed by atoms with Gasteiger partial charge < -0.3 is 10.2 Å². The Balaban J connectivity index is 1.38. The average Bonchev–Trinajstić information content (AvgIpc) is 2.72. The van der Waals surface area contributed by atoms with Crippen LogP contribution in [0.15, 0.2) is 54.6 Å². The fourth-order valence-corrected chi connectivity index (χ4v) is 3.23. The van der Waals surface area contributed by atoms with Gasteiger partial charge in [-0.2, -0.15) is 0 Å². The number of aryl methyl sites for hydroxylation is 1. The molecule has 0 unspecified atom stereocenters. The van der Waals surface area contributed by atoms with Crippen molar-refractivity contribution >= 4 is 11.8 Å². The van der Waals surface area contributed by atoms with Gasteiger partial charge in [-0.05, 0) is 31.0 Å². The Morgan fingerprint density at radius 1 is 0.926 bits per heavy atom. The third-order valence-corrected chi connectivity index (χ3v) is 5.00. The van der Waals surface area contributed by atoms with Crippen LogP contribution in [0, 0.1) is 6.92 Å². The van der Waals surface area contributed by atoms with Gasteiger partial charge in [0.2, 0.25) is 5.91 Å². The van der Waals surface area contributed by atoms with E-state index in [4.69, 9.17) is 0 Å². The molecule has 2 aromatic carbocycles. The lowest BCUT2D eigenvalue weighted by atomic mass is 10.1. The van der Waals surface area contributed by atoms with Gasteiger partial charge in [-0.25, -0.2) is 0 Å². The average molecular weight is 365 g/mol. The number of hydrogen-bond donors (Lipinski definition) is 1. The molecule has 142 valence electrons. The molecule has 0 aliphatic carbocycles. The van der Waals surface area contributed by atoms with Crippen molar-refractivity contribution < 1.29 is 9.59 Å². The summed E-state index contributed by atoms with van der Waals surface area (Å²) in [5, 5.41) is 2.73. The van der Waals surface area contributed by atoms with Crippen LogP contribution in [0.4, 0.5) is 0 Å². The zero-order valence-corrected chi connectivity index (χ0v) is 15.9. The fourth-order valence-electron chi connectivity index (χ4n) is 3.23. The summed E-state index contributed by atoms with van der Waals surface area (Å²) >= 11 is 0. The van der Waals surface area contributed by atoms with E-state index in [0.717, 1.165) is 31.6 Å². The predicted octanol–water partition coefficient (Wildman–Crippen LogP) is 2.11. The first kappa shape index (κ1) is 19.1. The number of rotatable bonds is 6. The van der Waals surface area contributed by atoms with Crippen LogP contribution in [0.3, 0.4) is 0 Å². The molecular weight excluding hydrogens is 338 g/mol. The quantitative estimate of drug-likeness (QED) is 0.853. The summed E-state index contributed by atoms with van der Waals surface area (Å²) in [5.41, 5.74) is 3.03. The third-order valence-electron chi connectivity index (χ3n) is 5.00. The smallest absolute Gasteiger partial charge is 0.251 e. The molecule has 0 bridgehead atoms. The Morgan fingerprint density at radius 3 is 2.26 bits per heavy atom. The third kappa shape index (κ3) is 5.66. The van der Waals surface area contributed by atoms with Gasteiger partial charge in [-0.1, -0.05) is 48.0 Å². The van der Waals surface area contributed by atoms with E-state index in [1.165, 1.54) is 5.56 Å².